The van der Waals surface area contributed by atoms with Crippen LogP contribution in [0.25, 0.3) is 0 Å². The first-order valence-corrected chi connectivity index (χ1v) is 7.94. The summed E-state index contributed by atoms with van der Waals surface area (Å²) in [5, 5.41) is 3.43. The SMILES string of the molecule is COc1cccc(C(N)=O)c1OCC(=O)NC(C)c1ccc(Cl)cc1. The van der Waals surface area contributed by atoms with Gasteiger partial charge in [-0.25, -0.2) is 0 Å². The number of nitrogens with two attached hydrogens (primary N) is 1. The first kappa shape index (κ1) is 18.6. The zero-order valence-corrected chi connectivity index (χ0v) is 14.7. The van der Waals surface area contributed by atoms with E-state index in [0.29, 0.717) is 10.8 Å². The van der Waals surface area contributed by atoms with E-state index in [0.717, 1.165) is 5.56 Å². The molecule has 0 bridgehead atoms. The van der Waals surface area contributed by atoms with Crippen LogP contribution in [0.15, 0.2) is 42.5 Å². The summed E-state index contributed by atoms with van der Waals surface area (Å²) in [7, 11) is 1.44. The standard InChI is InChI=1S/C18H19ClN2O4/c1-11(12-6-8-13(19)9-7-12)21-16(22)10-25-17-14(18(20)23)4-3-5-15(17)24-2/h3-9,11H,10H2,1-2H3,(H2,20,23)(H,21,22). The highest BCUT2D eigenvalue weighted by Crippen LogP contribution is 2.30. The van der Waals surface area contributed by atoms with Crippen molar-refractivity contribution in [2.45, 2.75) is 13.0 Å². The van der Waals surface area contributed by atoms with Gasteiger partial charge in [0.2, 0.25) is 0 Å². The number of carbonyl (C=O) groups excluding carboxylic acids is 2. The van der Waals surface area contributed by atoms with Crippen molar-refractivity contribution in [1.29, 1.82) is 0 Å². The van der Waals surface area contributed by atoms with E-state index in [2.05, 4.69) is 5.32 Å². The number of rotatable bonds is 7. The zero-order chi connectivity index (χ0) is 18.4. The van der Waals surface area contributed by atoms with Crippen LogP contribution in [-0.2, 0) is 4.79 Å². The van der Waals surface area contributed by atoms with Gasteiger partial charge in [0.1, 0.15) is 0 Å². The largest absolute Gasteiger partial charge is 0.493 e. The summed E-state index contributed by atoms with van der Waals surface area (Å²) in [6.45, 7) is 1.57. The van der Waals surface area contributed by atoms with Crippen molar-refractivity contribution in [3.8, 4) is 11.5 Å². The fourth-order valence-electron chi connectivity index (χ4n) is 2.28. The average Bonchev–Trinajstić information content (AvgIpc) is 2.59. The fourth-order valence-corrected chi connectivity index (χ4v) is 2.40. The lowest BCUT2D eigenvalue weighted by Gasteiger charge is -2.16. The van der Waals surface area contributed by atoms with Gasteiger partial charge in [-0.2, -0.15) is 0 Å². The lowest BCUT2D eigenvalue weighted by Crippen LogP contribution is -2.31. The number of hydrogen-bond donors (Lipinski definition) is 2. The number of halogens is 1. The fraction of sp³-hybridized carbons (Fsp3) is 0.222. The summed E-state index contributed by atoms with van der Waals surface area (Å²) >= 11 is 5.85. The third kappa shape index (κ3) is 4.87. The number of primary amides is 1. The Balaban J connectivity index is 2.02. The predicted molar refractivity (Wildman–Crippen MR) is 95.0 cm³/mol. The van der Waals surface area contributed by atoms with Crippen LogP contribution in [-0.4, -0.2) is 25.5 Å². The molecule has 0 aromatic heterocycles. The molecule has 0 aliphatic heterocycles. The number of ether oxygens (including phenoxy) is 2. The molecular weight excluding hydrogens is 344 g/mol. The minimum Gasteiger partial charge on any atom is -0.493 e. The van der Waals surface area contributed by atoms with Crippen LogP contribution in [0, 0.1) is 0 Å². The van der Waals surface area contributed by atoms with Gasteiger partial charge in [-0.3, -0.25) is 9.59 Å². The summed E-state index contributed by atoms with van der Waals surface area (Å²) < 4.78 is 10.6. The van der Waals surface area contributed by atoms with Gasteiger partial charge < -0.3 is 20.5 Å². The Morgan fingerprint density at radius 1 is 1.20 bits per heavy atom. The molecule has 2 aromatic carbocycles. The Hall–Kier alpha value is -2.73. The highest BCUT2D eigenvalue weighted by atomic mass is 35.5. The summed E-state index contributed by atoms with van der Waals surface area (Å²) in [6, 6.07) is 11.7. The second-order valence-electron chi connectivity index (χ2n) is 5.33. The molecule has 6 nitrogen and oxygen atoms in total. The number of amides is 2. The minimum absolute atomic E-state index is 0.145. The van der Waals surface area contributed by atoms with Crippen LogP contribution in [0.2, 0.25) is 5.02 Å². The van der Waals surface area contributed by atoms with Crippen LogP contribution in [0.5, 0.6) is 11.5 Å². The highest BCUT2D eigenvalue weighted by Gasteiger charge is 2.17. The van der Waals surface area contributed by atoms with Gasteiger partial charge in [0.15, 0.2) is 18.1 Å². The molecule has 2 rings (SSSR count). The van der Waals surface area contributed by atoms with Gasteiger partial charge >= 0.3 is 0 Å². The maximum Gasteiger partial charge on any atom is 0.258 e. The van der Waals surface area contributed by atoms with Crippen LogP contribution < -0.4 is 20.5 Å². The molecule has 3 N–H and O–H groups in total. The lowest BCUT2D eigenvalue weighted by atomic mass is 10.1. The Labute approximate surface area is 150 Å². The van der Waals surface area contributed by atoms with Gasteiger partial charge in [-0.15, -0.1) is 0 Å². The molecule has 2 amide bonds. The molecular formula is C18H19ClN2O4. The maximum atomic E-state index is 12.1. The lowest BCUT2D eigenvalue weighted by molar-refractivity contribution is -0.123. The summed E-state index contributed by atoms with van der Waals surface area (Å²) in [5.74, 6) is -0.533. The van der Waals surface area contributed by atoms with E-state index in [9.17, 15) is 9.59 Å². The van der Waals surface area contributed by atoms with Gasteiger partial charge in [0.25, 0.3) is 11.8 Å². The van der Waals surface area contributed by atoms with E-state index in [-0.39, 0.29) is 29.9 Å². The van der Waals surface area contributed by atoms with Gasteiger partial charge in [0.05, 0.1) is 18.7 Å². The van der Waals surface area contributed by atoms with Crippen LogP contribution in [0.1, 0.15) is 28.9 Å². The first-order valence-electron chi connectivity index (χ1n) is 7.56. The zero-order valence-electron chi connectivity index (χ0n) is 13.9. The van der Waals surface area contributed by atoms with E-state index < -0.39 is 5.91 Å². The molecule has 0 aliphatic carbocycles. The number of carbonyl (C=O) groups is 2. The number of para-hydroxylation sites is 1. The molecule has 0 saturated heterocycles. The number of methoxy groups -OCH3 is 1. The third-order valence-electron chi connectivity index (χ3n) is 3.56. The van der Waals surface area contributed by atoms with Crippen molar-refractivity contribution in [3.05, 3.63) is 58.6 Å². The monoisotopic (exact) mass is 362 g/mol. The molecule has 1 atom stereocenters. The number of nitrogens with one attached hydrogen (secondary N) is 1. The maximum absolute atomic E-state index is 12.1. The molecule has 0 heterocycles. The smallest absolute Gasteiger partial charge is 0.258 e. The highest BCUT2D eigenvalue weighted by molar-refractivity contribution is 6.30. The van der Waals surface area contributed by atoms with Crippen LogP contribution >= 0.6 is 11.6 Å². The van der Waals surface area contributed by atoms with Crippen LogP contribution in [0.4, 0.5) is 0 Å². The van der Waals surface area contributed by atoms with E-state index in [1.165, 1.54) is 13.2 Å². The van der Waals surface area contributed by atoms with Crippen molar-refractivity contribution in [2.75, 3.05) is 13.7 Å². The Kier molecular flexibility index (Phi) is 6.25. The molecule has 0 spiro atoms. The van der Waals surface area contributed by atoms with Gasteiger partial charge in [-0.05, 0) is 36.8 Å². The topological polar surface area (TPSA) is 90.7 Å². The molecule has 0 fully saturated rings. The van der Waals surface area contributed by atoms with Crippen molar-refractivity contribution >= 4 is 23.4 Å². The normalized spacial score (nSPS) is 11.5. The molecule has 25 heavy (non-hydrogen) atoms. The molecule has 132 valence electrons. The molecule has 1 unspecified atom stereocenters. The summed E-state index contributed by atoms with van der Waals surface area (Å²) in [6.07, 6.45) is 0. The second-order valence-corrected chi connectivity index (χ2v) is 5.77. The van der Waals surface area contributed by atoms with Crippen molar-refractivity contribution in [1.82, 2.24) is 5.32 Å². The van der Waals surface area contributed by atoms with Crippen molar-refractivity contribution in [3.63, 3.8) is 0 Å². The second kappa shape index (κ2) is 8.39. The number of hydrogen-bond acceptors (Lipinski definition) is 4. The molecule has 0 aliphatic rings. The summed E-state index contributed by atoms with van der Waals surface area (Å²) in [5.41, 5.74) is 6.39. The van der Waals surface area contributed by atoms with E-state index in [4.69, 9.17) is 26.8 Å². The molecule has 0 saturated carbocycles. The van der Waals surface area contributed by atoms with Crippen molar-refractivity contribution < 1.29 is 19.1 Å². The Morgan fingerprint density at radius 3 is 2.48 bits per heavy atom. The number of benzene rings is 2. The molecule has 2 aromatic rings. The van der Waals surface area contributed by atoms with Gasteiger partial charge in [0, 0.05) is 5.02 Å². The van der Waals surface area contributed by atoms with E-state index >= 15 is 0 Å². The van der Waals surface area contributed by atoms with Crippen molar-refractivity contribution in [2.24, 2.45) is 5.73 Å². The van der Waals surface area contributed by atoms with E-state index in [1.807, 2.05) is 19.1 Å². The van der Waals surface area contributed by atoms with Crippen LogP contribution in [0.3, 0.4) is 0 Å². The molecule has 7 heteroatoms. The Bertz CT molecular complexity index is 762. The quantitative estimate of drug-likeness (QED) is 0.792. The first-order chi connectivity index (χ1) is 11.9. The summed E-state index contributed by atoms with van der Waals surface area (Å²) in [4.78, 5) is 23.6. The average molecular weight is 363 g/mol. The Morgan fingerprint density at radius 2 is 1.88 bits per heavy atom. The van der Waals surface area contributed by atoms with E-state index in [1.54, 1.807) is 24.3 Å². The predicted octanol–water partition coefficient (Wildman–Crippen LogP) is 2.70. The van der Waals surface area contributed by atoms with Gasteiger partial charge in [-0.1, -0.05) is 29.8 Å². The minimum atomic E-state index is -0.663. The molecule has 0 radical (unpaired) electrons. The third-order valence-corrected chi connectivity index (χ3v) is 3.81.